The van der Waals surface area contributed by atoms with E-state index in [1.165, 1.54) is 0 Å². The minimum Gasteiger partial charge on any atom is -0.364 e. The van der Waals surface area contributed by atoms with Crippen LogP contribution in [-0.2, 0) is 5.54 Å². The second-order valence-corrected chi connectivity index (χ2v) is 8.11. The van der Waals surface area contributed by atoms with Gasteiger partial charge in [-0.05, 0) is 51.8 Å². The summed E-state index contributed by atoms with van der Waals surface area (Å²) in [4.78, 5) is 18.3. The van der Waals surface area contributed by atoms with Crippen LogP contribution in [0.1, 0.15) is 43.2 Å². The number of rotatable bonds is 4. The molecule has 0 bridgehead atoms. The summed E-state index contributed by atoms with van der Waals surface area (Å²) >= 11 is 0. The maximum Gasteiger partial charge on any atom is 0.273 e. The number of carbonyl (C=O) groups excluding carboxylic acids is 1. The lowest BCUT2D eigenvalue weighted by Gasteiger charge is -2.30. The van der Waals surface area contributed by atoms with Gasteiger partial charge < -0.3 is 16.0 Å². The predicted molar refractivity (Wildman–Crippen MR) is 108 cm³/mol. The Morgan fingerprint density at radius 2 is 1.96 bits per heavy atom. The third kappa shape index (κ3) is 3.23. The molecule has 1 fully saturated rings. The Hall–Kier alpha value is -3.23. The lowest BCUT2D eigenvalue weighted by Crippen LogP contribution is -2.38. The fourth-order valence-electron chi connectivity index (χ4n) is 3.08. The maximum absolute atomic E-state index is 11.8. The van der Waals surface area contributed by atoms with Crippen LogP contribution >= 0.6 is 0 Å². The van der Waals surface area contributed by atoms with E-state index in [0.29, 0.717) is 11.8 Å². The molecular formula is C19H24N8O. The summed E-state index contributed by atoms with van der Waals surface area (Å²) in [5.74, 6) is 0.138. The summed E-state index contributed by atoms with van der Waals surface area (Å²) in [5, 5.41) is 16.9. The SMILES string of the molecule is Cc1cc(Nc2nc(N3CCC3)nnc2C(N)=O)cc2cn(C(C)(C)C)nc12. The molecule has 1 saturated heterocycles. The number of carbonyl (C=O) groups is 1. The number of anilines is 3. The Morgan fingerprint density at radius 1 is 1.21 bits per heavy atom. The van der Waals surface area contributed by atoms with Gasteiger partial charge in [0, 0.05) is 30.4 Å². The van der Waals surface area contributed by atoms with Gasteiger partial charge in [0.2, 0.25) is 5.95 Å². The highest BCUT2D eigenvalue weighted by Crippen LogP contribution is 2.28. The average Bonchev–Trinajstić information content (AvgIpc) is 2.98. The van der Waals surface area contributed by atoms with Crippen LogP contribution < -0.4 is 16.0 Å². The zero-order valence-electron chi connectivity index (χ0n) is 16.5. The molecule has 9 heteroatoms. The molecule has 0 saturated carbocycles. The fourth-order valence-corrected chi connectivity index (χ4v) is 3.08. The summed E-state index contributed by atoms with van der Waals surface area (Å²) in [5.41, 5.74) is 8.13. The molecule has 1 aliphatic heterocycles. The molecule has 3 heterocycles. The maximum atomic E-state index is 11.8. The number of benzene rings is 1. The van der Waals surface area contributed by atoms with Crippen LogP contribution in [0.5, 0.6) is 0 Å². The van der Waals surface area contributed by atoms with Crippen LogP contribution in [0.3, 0.4) is 0 Å². The first-order valence-corrected chi connectivity index (χ1v) is 9.29. The van der Waals surface area contributed by atoms with Crippen LogP contribution in [0.2, 0.25) is 0 Å². The quantitative estimate of drug-likeness (QED) is 0.714. The van der Waals surface area contributed by atoms with E-state index in [-0.39, 0.29) is 11.2 Å². The first-order chi connectivity index (χ1) is 13.2. The predicted octanol–water partition coefficient (Wildman–Crippen LogP) is 2.34. The van der Waals surface area contributed by atoms with Crippen molar-refractivity contribution in [2.45, 2.75) is 39.7 Å². The van der Waals surface area contributed by atoms with Crippen LogP contribution in [-0.4, -0.2) is 44.0 Å². The molecule has 4 rings (SSSR count). The van der Waals surface area contributed by atoms with Gasteiger partial charge in [-0.1, -0.05) is 0 Å². The van der Waals surface area contributed by atoms with Crippen LogP contribution in [0.15, 0.2) is 18.3 Å². The number of nitrogens with two attached hydrogens (primary N) is 1. The summed E-state index contributed by atoms with van der Waals surface area (Å²) in [6.45, 7) is 10.1. The van der Waals surface area contributed by atoms with E-state index in [1.807, 2.05) is 34.8 Å². The average molecular weight is 380 g/mol. The van der Waals surface area contributed by atoms with Gasteiger partial charge in [-0.25, -0.2) is 0 Å². The van der Waals surface area contributed by atoms with Gasteiger partial charge in [0.25, 0.3) is 5.91 Å². The van der Waals surface area contributed by atoms with Crippen molar-refractivity contribution in [1.82, 2.24) is 25.0 Å². The second-order valence-electron chi connectivity index (χ2n) is 8.11. The first kappa shape index (κ1) is 18.1. The van der Waals surface area contributed by atoms with Crippen molar-refractivity contribution in [3.8, 4) is 0 Å². The van der Waals surface area contributed by atoms with Crippen molar-refractivity contribution in [2.75, 3.05) is 23.3 Å². The highest BCUT2D eigenvalue weighted by atomic mass is 16.1. The van der Waals surface area contributed by atoms with E-state index in [2.05, 4.69) is 41.3 Å². The largest absolute Gasteiger partial charge is 0.364 e. The smallest absolute Gasteiger partial charge is 0.273 e. The normalized spacial score (nSPS) is 14.2. The van der Waals surface area contributed by atoms with Gasteiger partial charge in [-0.15, -0.1) is 10.2 Å². The molecule has 2 aromatic heterocycles. The number of fused-ring (bicyclic) bond motifs is 1. The zero-order chi connectivity index (χ0) is 20.1. The lowest BCUT2D eigenvalue weighted by atomic mass is 10.1. The third-order valence-electron chi connectivity index (χ3n) is 4.80. The van der Waals surface area contributed by atoms with Gasteiger partial charge in [0.05, 0.1) is 11.1 Å². The number of hydrogen-bond acceptors (Lipinski definition) is 7. The molecule has 0 radical (unpaired) electrons. The van der Waals surface area contributed by atoms with Gasteiger partial charge >= 0.3 is 0 Å². The number of nitrogens with one attached hydrogen (secondary N) is 1. The highest BCUT2D eigenvalue weighted by molar-refractivity contribution is 5.96. The monoisotopic (exact) mass is 380 g/mol. The van der Waals surface area contributed by atoms with E-state index < -0.39 is 5.91 Å². The highest BCUT2D eigenvalue weighted by Gasteiger charge is 2.22. The molecular weight excluding hydrogens is 356 g/mol. The van der Waals surface area contributed by atoms with Crippen LogP contribution in [0, 0.1) is 6.92 Å². The summed E-state index contributed by atoms with van der Waals surface area (Å²) in [7, 11) is 0. The molecule has 28 heavy (non-hydrogen) atoms. The van der Waals surface area contributed by atoms with E-state index in [0.717, 1.165) is 41.7 Å². The zero-order valence-corrected chi connectivity index (χ0v) is 16.5. The summed E-state index contributed by atoms with van der Waals surface area (Å²) in [6.07, 6.45) is 3.11. The molecule has 0 atom stereocenters. The molecule has 1 aliphatic rings. The second kappa shape index (κ2) is 6.43. The lowest BCUT2D eigenvalue weighted by molar-refractivity contribution is 0.0995. The molecule has 1 amide bonds. The summed E-state index contributed by atoms with van der Waals surface area (Å²) < 4.78 is 1.96. The van der Waals surface area contributed by atoms with Crippen molar-refractivity contribution in [2.24, 2.45) is 5.73 Å². The Morgan fingerprint density at radius 3 is 2.57 bits per heavy atom. The summed E-state index contributed by atoms with van der Waals surface area (Å²) in [6, 6.07) is 3.95. The van der Waals surface area contributed by atoms with Crippen molar-refractivity contribution in [1.29, 1.82) is 0 Å². The molecule has 0 spiro atoms. The topological polar surface area (TPSA) is 115 Å². The van der Waals surface area contributed by atoms with Gasteiger partial charge in [-0.2, -0.15) is 10.1 Å². The van der Waals surface area contributed by atoms with Gasteiger partial charge in [0.1, 0.15) is 0 Å². The molecule has 3 aromatic rings. The molecule has 0 unspecified atom stereocenters. The Kier molecular flexibility index (Phi) is 4.17. The molecule has 0 aliphatic carbocycles. The standard InChI is InChI=1S/C19H24N8O/c1-11-8-13(9-12-10-27(19(2,3)4)25-14(11)12)21-17-15(16(20)28)23-24-18(22-17)26-6-5-7-26/h8-10H,5-7H2,1-4H3,(H2,20,28)(H,21,22,24). The Labute approximate surface area is 162 Å². The Balaban J connectivity index is 1.73. The molecule has 146 valence electrons. The number of primary amides is 1. The minimum absolute atomic E-state index is 0.0208. The van der Waals surface area contributed by atoms with Gasteiger partial charge in [-0.3, -0.25) is 9.48 Å². The van der Waals surface area contributed by atoms with Crippen LogP contribution in [0.4, 0.5) is 17.5 Å². The van der Waals surface area contributed by atoms with Crippen molar-refractivity contribution < 1.29 is 4.79 Å². The molecule has 1 aromatic carbocycles. The molecule has 3 N–H and O–H groups in total. The number of aromatic nitrogens is 5. The van der Waals surface area contributed by atoms with Crippen LogP contribution in [0.25, 0.3) is 10.9 Å². The first-order valence-electron chi connectivity index (χ1n) is 9.29. The third-order valence-corrected chi connectivity index (χ3v) is 4.80. The minimum atomic E-state index is -0.670. The number of hydrogen-bond donors (Lipinski definition) is 2. The number of amides is 1. The van der Waals surface area contributed by atoms with Gasteiger partial charge in [0.15, 0.2) is 11.5 Å². The number of aryl methyl sites for hydroxylation is 1. The molecule has 9 nitrogen and oxygen atoms in total. The van der Waals surface area contributed by atoms with E-state index in [1.54, 1.807) is 0 Å². The van der Waals surface area contributed by atoms with Crippen molar-refractivity contribution >= 4 is 34.3 Å². The van der Waals surface area contributed by atoms with Crippen molar-refractivity contribution in [3.63, 3.8) is 0 Å². The number of nitrogens with zero attached hydrogens (tertiary/aromatic N) is 6. The van der Waals surface area contributed by atoms with Crippen molar-refractivity contribution in [3.05, 3.63) is 29.6 Å². The van der Waals surface area contributed by atoms with E-state index in [4.69, 9.17) is 10.8 Å². The van der Waals surface area contributed by atoms with E-state index in [9.17, 15) is 4.79 Å². The fraction of sp³-hybridized carbons (Fsp3) is 0.421. The van der Waals surface area contributed by atoms with E-state index >= 15 is 0 Å². The Bertz CT molecular complexity index is 1060.